The van der Waals surface area contributed by atoms with Crippen molar-refractivity contribution in [1.82, 2.24) is 23.1 Å². The zero-order chi connectivity index (χ0) is 35.7. The maximum absolute atomic E-state index is 14.7. The van der Waals surface area contributed by atoms with E-state index in [0.717, 1.165) is 0 Å². The molecule has 0 aliphatic carbocycles. The summed E-state index contributed by atoms with van der Waals surface area (Å²) in [5.74, 6) is -3.96. The molecule has 2 saturated heterocycles. The molecule has 0 radical (unpaired) electrons. The molecule has 0 saturated carbocycles. The van der Waals surface area contributed by atoms with E-state index < -0.39 is 48.7 Å². The van der Waals surface area contributed by atoms with Gasteiger partial charge in [-0.15, -0.1) is 0 Å². The molecule has 49 heavy (non-hydrogen) atoms. The maximum atomic E-state index is 14.7. The normalized spacial score (nSPS) is 16.9. The van der Waals surface area contributed by atoms with E-state index in [-0.39, 0.29) is 104 Å². The van der Waals surface area contributed by atoms with Crippen molar-refractivity contribution in [2.24, 2.45) is 12.8 Å². The minimum absolute atomic E-state index is 0.0103. The molecule has 0 bridgehead atoms. The Morgan fingerprint density at radius 3 is 2.29 bits per heavy atom. The van der Waals surface area contributed by atoms with Crippen LogP contribution < -0.4 is 15.8 Å². The Balaban J connectivity index is 1.18. The number of methoxy groups -OCH3 is 1. The number of piperidine rings is 1. The van der Waals surface area contributed by atoms with Crippen molar-refractivity contribution in [3.63, 3.8) is 0 Å². The van der Waals surface area contributed by atoms with Gasteiger partial charge < -0.3 is 25.3 Å². The lowest BCUT2D eigenvalue weighted by Crippen LogP contribution is -2.54. The number of piperazine rings is 1. The van der Waals surface area contributed by atoms with Gasteiger partial charge in [-0.3, -0.25) is 9.59 Å². The molecule has 0 spiro atoms. The number of nitrogens with one attached hydrogen (secondary N) is 1. The lowest BCUT2D eigenvalue weighted by molar-refractivity contribution is 0.0697. The molecular weight excluding hydrogens is 708 g/mol. The Bertz CT molecular complexity index is 1960. The lowest BCUT2D eigenvalue weighted by atomic mass is 10.1. The number of halogens is 3. The molecule has 0 atom stereocenters. The van der Waals surface area contributed by atoms with E-state index >= 15 is 0 Å². The first-order valence-corrected chi connectivity index (χ1v) is 18.8. The highest BCUT2D eigenvalue weighted by atomic mass is 35.5. The fourth-order valence-electron chi connectivity index (χ4n) is 5.92. The fourth-order valence-corrected chi connectivity index (χ4v) is 9.41. The number of nitrogens with two attached hydrogens (primary N) is 1. The van der Waals surface area contributed by atoms with E-state index in [9.17, 15) is 35.2 Å². The summed E-state index contributed by atoms with van der Waals surface area (Å²) in [7, 11) is -4.55. The van der Waals surface area contributed by atoms with E-state index in [1.54, 1.807) is 0 Å². The Labute approximate surface area is 287 Å². The van der Waals surface area contributed by atoms with Gasteiger partial charge in [-0.2, -0.15) is 8.70 Å². The van der Waals surface area contributed by atoms with Crippen molar-refractivity contribution in [1.29, 1.82) is 0 Å². The summed E-state index contributed by atoms with van der Waals surface area (Å²) in [6.45, 7) is 0.590. The van der Waals surface area contributed by atoms with Gasteiger partial charge in [0, 0.05) is 64.1 Å². The molecule has 2 fully saturated rings. The van der Waals surface area contributed by atoms with E-state index in [1.807, 2.05) is 0 Å². The van der Waals surface area contributed by atoms with Crippen LogP contribution >= 0.6 is 11.6 Å². The van der Waals surface area contributed by atoms with Gasteiger partial charge in [-0.05, 0) is 43.2 Å². The number of ether oxygens (including phenoxy) is 1. The van der Waals surface area contributed by atoms with Crippen LogP contribution in [0.3, 0.4) is 0 Å². The number of imidazole rings is 1. The van der Waals surface area contributed by atoms with Crippen LogP contribution in [0.5, 0.6) is 5.75 Å². The number of benzene rings is 2. The van der Waals surface area contributed by atoms with Gasteiger partial charge in [0.1, 0.15) is 0 Å². The van der Waals surface area contributed by atoms with Crippen LogP contribution in [-0.4, -0.2) is 116 Å². The second-order valence-electron chi connectivity index (χ2n) is 11.6. The van der Waals surface area contributed by atoms with Crippen molar-refractivity contribution >= 4 is 49.1 Å². The number of amides is 2. The van der Waals surface area contributed by atoms with Crippen molar-refractivity contribution < 1.29 is 39.9 Å². The molecule has 2 aromatic carbocycles. The third-order valence-corrected chi connectivity index (χ3v) is 13.3. The van der Waals surface area contributed by atoms with E-state index in [0.29, 0.717) is 0 Å². The standard InChI is InChI=1S/C30H36ClF2N7O7S2/c1-37-24(22-5-6-25(47-2)27(33)26(22)32)18-35-28(37)29(41)36-19-3-4-21(23(31)17-19)30(42)38-12-14-40(15-13-38)49(45,46)20-7-10-39(11-8-20)48(43,44)16-9-34/h3-6,17-18,20H,7-16,34H2,1-2H3,(H,36,41). The zero-order valence-corrected chi connectivity index (χ0v) is 29.1. The summed E-state index contributed by atoms with van der Waals surface area (Å²) >= 11 is 6.44. The van der Waals surface area contributed by atoms with Crippen LogP contribution in [0.25, 0.3) is 11.3 Å². The third kappa shape index (κ3) is 7.44. The Morgan fingerprint density at radius 2 is 1.67 bits per heavy atom. The van der Waals surface area contributed by atoms with Gasteiger partial charge in [0.05, 0.1) is 40.6 Å². The molecule has 266 valence electrons. The topological polar surface area (TPSA) is 177 Å². The highest BCUT2D eigenvalue weighted by molar-refractivity contribution is 7.90. The van der Waals surface area contributed by atoms with Crippen LogP contribution in [0.4, 0.5) is 14.5 Å². The molecule has 1 aromatic heterocycles. The van der Waals surface area contributed by atoms with Crippen LogP contribution in [0.15, 0.2) is 36.5 Å². The average molecular weight is 744 g/mol. The summed E-state index contributed by atoms with van der Waals surface area (Å²) < 4.78 is 88.9. The molecule has 2 aliphatic rings. The SMILES string of the molecule is COc1ccc(-c2cnc(C(=O)Nc3ccc(C(=O)N4CCN(S(=O)(=O)C5CCN(S(=O)(=O)CCN)CC5)CC4)c(Cl)c3)n2C)c(F)c1F. The van der Waals surface area contributed by atoms with Crippen molar-refractivity contribution in [3.05, 3.63) is 64.6 Å². The average Bonchev–Trinajstić information content (AvgIpc) is 3.46. The molecule has 0 unspecified atom stereocenters. The molecule has 19 heteroatoms. The summed E-state index contributed by atoms with van der Waals surface area (Å²) in [5, 5.41) is 1.96. The van der Waals surface area contributed by atoms with Crippen LogP contribution in [0.1, 0.15) is 33.8 Å². The molecule has 3 aromatic rings. The van der Waals surface area contributed by atoms with E-state index in [2.05, 4.69) is 10.3 Å². The molecule has 2 aliphatic heterocycles. The second kappa shape index (κ2) is 14.7. The van der Waals surface area contributed by atoms with Crippen LogP contribution in [0.2, 0.25) is 5.02 Å². The van der Waals surface area contributed by atoms with Gasteiger partial charge >= 0.3 is 0 Å². The van der Waals surface area contributed by atoms with Crippen molar-refractivity contribution in [2.45, 2.75) is 18.1 Å². The first-order valence-electron chi connectivity index (χ1n) is 15.3. The van der Waals surface area contributed by atoms with Crippen LogP contribution in [-0.2, 0) is 27.1 Å². The monoisotopic (exact) mass is 743 g/mol. The molecule has 3 N–H and O–H groups in total. The van der Waals surface area contributed by atoms with Gasteiger partial charge in [0.2, 0.25) is 25.9 Å². The van der Waals surface area contributed by atoms with E-state index in [4.69, 9.17) is 22.1 Å². The van der Waals surface area contributed by atoms with Gasteiger partial charge in [0.15, 0.2) is 17.4 Å². The molecule has 3 heterocycles. The number of carbonyl (C=O) groups excluding carboxylic acids is 2. The Hall–Kier alpha value is -3.68. The minimum Gasteiger partial charge on any atom is -0.494 e. The Kier molecular flexibility index (Phi) is 10.9. The largest absolute Gasteiger partial charge is 0.494 e. The number of carbonyl (C=O) groups is 2. The highest BCUT2D eigenvalue weighted by Crippen LogP contribution is 2.31. The first kappa shape index (κ1) is 36.6. The summed E-state index contributed by atoms with van der Waals surface area (Å²) in [4.78, 5) is 31.9. The smallest absolute Gasteiger partial charge is 0.291 e. The number of rotatable bonds is 10. The first-order chi connectivity index (χ1) is 23.2. The van der Waals surface area contributed by atoms with Gasteiger partial charge in [-0.1, -0.05) is 11.6 Å². The maximum Gasteiger partial charge on any atom is 0.291 e. The Morgan fingerprint density at radius 1 is 1.00 bits per heavy atom. The fraction of sp³-hybridized carbons (Fsp3) is 0.433. The van der Waals surface area contributed by atoms with Crippen LogP contribution in [0, 0.1) is 11.6 Å². The minimum atomic E-state index is -3.72. The predicted molar refractivity (Wildman–Crippen MR) is 178 cm³/mol. The molecular formula is C30H36ClF2N7O7S2. The third-order valence-electron chi connectivity index (χ3n) is 8.67. The molecule has 2 amide bonds. The van der Waals surface area contributed by atoms with Crippen molar-refractivity contribution in [3.8, 4) is 17.0 Å². The lowest BCUT2D eigenvalue weighted by Gasteiger charge is -2.38. The van der Waals surface area contributed by atoms with Gasteiger partial charge in [0.25, 0.3) is 11.8 Å². The summed E-state index contributed by atoms with van der Waals surface area (Å²) in [5.41, 5.74) is 5.82. The number of aromatic nitrogens is 2. The van der Waals surface area contributed by atoms with E-state index in [1.165, 1.54) is 68.8 Å². The van der Waals surface area contributed by atoms with Crippen molar-refractivity contribution in [2.75, 3.05) is 64.0 Å². The predicted octanol–water partition coefficient (Wildman–Crippen LogP) is 2.12. The zero-order valence-electron chi connectivity index (χ0n) is 26.7. The molecule has 14 nitrogen and oxygen atoms in total. The number of nitrogens with zero attached hydrogens (tertiary/aromatic N) is 5. The quantitative estimate of drug-likeness (QED) is 0.315. The second-order valence-corrected chi connectivity index (χ2v) is 16.3. The highest BCUT2D eigenvalue weighted by Gasteiger charge is 2.39. The van der Waals surface area contributed by atoms with Gasteiger partial charge in [-0.25, -0.2) is 30.5 Å². The number of anilines is 1. The summed E-state index contributed by atoms with van der Waals surface area (Å²) in [6, 6.07) is 6.88. The number of hydrogen-bond acceptors (Lipinski definition) is 9. The summed E-state index contributed by atoms with van der Waals surface area (Å²) in [6.07, 6.45) is 1.58. The number of sulfonamides is 2. The molecule has 5 rings (SSSR count). The number of hydrogen-bond donors (Lipinski definition) is 2.